The molecule has 7 heteroatoms. The fraction of sp³-hybridized carbons (Fsp3) is 0.300. The zero-order valence-electron chi connectivity index (χ0n) is 8.41. The normalized spacial score (nSPS) is 12.0. The van der Waals surface area contributed by atoms with Crippen molar-refractivity contribution >= 4 is 17.4 Å². The summed E-state index contributed by atoms with van der Waals surface area (Å²) in [6.45, 7) is 0.955. The summed E-state index contributed by atoms with van der Waals surface area (Å²) in [6, 6.07) is 0.718. The Kier molecular flexibility index (Phi) is 3.76. The Labute approximate surface area is 98.2 Å². The average Bonchev–Trinajstić information content (AvgIpc) is 2.14. The number of alkyl halides is 5. The quantitative estimate of drug-likeness (QED) is 0.572. The van der Waals surface area contributed by atoms with Crippen LogP contribution in [0.1, 0.15) is 34.8 Å². The second-order valence-electron chi connectivity index (χ2n) is 3.28. The van der Waals surface area contributed by atoms with Gasteiger partial charge in [0.25, 0.3) is 6.43 Å². The van der Waals surface area contributed by atoms with Gasteiger partial charge in [-0.3, -0.25) is 4.79 Å². The summed E-state index contributed by atoms with van der Waals surface area (Å²) in [5, 5.41) is -0.638. The second kappa shape index (κ2) is 4.60. The number of carbonyl (C=O) groups is 1. The molecule has 94 valence electrons. The van der Waals surface area contributed by atoms with E-state index in [2.05, 4.69) is 0 Å². The van der Waals surface area contributed by atoms with E-state index in [0.29, 0.717) is 6.07 Å². The molecule has 0 saturated carbocycles. The maximum Gasteiger partial charge on any atom is 0.416 e. The minimum absolute atomic E-state index is 0.249. The lowest BCUT2D eigenvalue weighted by molar-refractivity contribution is -0.137. The molecule has 0 radical (unpaired) electrons. The van der Waals surface area contributed by atoms with Gasteiger partial charge < -0.3 is 0 Å². The van der Waals surface area contributed by atoms with Gasteiger partial charge in [-0.25, -0.2) is 8.78 Å². The van der Waals surface area contributed by atoms with Gasteiger partial charge in [-0.05, 0) is 19.1 Å². The van der Waals surface area contributed by atoms with Gasteiger partial charge in [0, 0.05) is 11.1 Å². The van der Waals surface area contributed by atoms with Crippen molar-refractivity contribution in [2.75, 3.05) is 0 Å². The third kappa shape index (κ3) is 2.94. The molecule has 0 aliphatic rings. The largest absolute Gasteiger partial charge is 0.416 e. The Morgan fingerprint density at radius 3 is 2.18 bits per heavy atom. The highest BCUT2D eigenvalue weighted by atomic mass is 35.5. The van der Waals surface area contributed by atoms with Gasteiger partial charge in [0.1, 0.15) is 0 Å². The van der Waals surface area contributed by atoms with Crippen molar-refractivity contribution in [3.05, 3.63) is 33.8 Å². The highest BCUT2D eigenvalue weighted by molar-refractivity contribution is 6.34. The number of ketones is 1. The molecule has 0 saturated heterocycles. The van der Waals surface area contributed by atoms with Crippen molar-refractivity contribution in [3.63, 3.8) is 0 Å². The molecule has 0 fully saturated rings. The van der Waals surface area contributed by atoms with Crippen LogP contribution in [0.4, 0.5) is 22.0 Å². The van der Waals surface area contributed by atoms with Crippen molar-refractivity contribution < 1.29 is 26.7 Å². The van der Waals surface area contributed by atoms with Gasteiger partial charge in [-0.2, -0.15) is 13.2 Å². The van der Waals surface area contributed by atoms with E-state index in [1.165, 1.54) is 0 Å². The number of benzene rings is 1. The predicted molar refractivity (Wildman–Crippen MR) is 51.4 cm³/mol. The molecule has 1 aromatic carbocycles. The van der Waals surface area contributed by atoms with Crippen LogP contribution < -0.4 is 0 Å². The van der Waals surface area contributed by atoms with E-state index in [1.807, 2.05) is 0 Å². The molecule has 0 aliphatic carbocycles. The van der Waals surface area contributed by atoms with E-state index < -0.39 is 40.1 Å². The molecule has 0 aromatic heterocycles. The molecule has 1 rings (SSSR count). The lowest BCUT2D eigenvalue weighted by atomic mass is 10.0. The van der Waals surface area contributed by atoms with Crippen LogP contribution in [0.3, 0.4) is 0 Å². The molecule has 0 unspecified atom stereocenters. The molecule has 0 heterocycles. The third-order valence-electron chi connectivity index (χ3n) is 2.04. The molecule has 0 N–H and O–H groups in total. The molecule has 17 heavy (non-hydrogen) atoms. The molecule has 0 amide bonds. The van der Waals surface area contributed by atoms with Gasteiger partial charge in [0.05, 0.1) is 10.6 Å². The summed E-state index contributed by atoms with van der Waals surface area (Å²) in [4.78, 5) is 11.0. The zero-order valence-corrected chi connectivity index (χ0v) is 9.16. The molecule has 1 nitrogen and oxygen atoms in total. The second-order valence-corrected chi connectivity index (χ2v) is 3.66. The molecular formula is C10H6ClF5O. The predicted octanol–water partition coefficient (Wildman–Crippen LogP) is 4.50. The van der Waals surface area contributed by atoms with Crippen LogP contribution in [0.2, 0.25) is 5.02 Å². The highest BCUT2D eigenvalue weighted by Crippen LogP contribution is 2.37. The number of carbonyl (C=O) groups excluding carboxylic acids is 1. The smallest absolute Gasteiger partial charge is 0.294 e. The van der Waals surface area contributed by atoms with E-state index in [0.717, 1.165) is 6.92 Å². The van der Waals surface area contributed by atoms with Crippen molar-refractivity contribution in [2.45, 2.75) is 19.5 Å². The van der Waals surface area contributed by atoms with E-state index >= 15 is 0 Å². The minimum atomic E-state index is -4.81. The van der Waals surface area contributed by atoms with Crippen LogP contribution in [-0.2, 0) is 6.18 Å². The standard InChI is InChI=1S/C10H6ClF5O/c1-4(17)6-2-5(10(14,15)16)3-7(8(6)11)9(12)13/h2-3,9H,1H3. The first kappa shape index (κ1) is 13.9. The first-order valence-corrected chi connectivity index (χ1v) is 4.72. The molecular weight excluding hydrogens is 267 g/mol. The van der Waals surface area contributed by atoms with E-state index in [9.17, 15) is 26.7 Å². The molecule has 0 atom stereocenters. The Morgan fingerprint density at radius 2 is 1.82 bits per heavy atom. The topological polar surface area (TPSA) is 17.1 Å². The fourth-order valence-corrected chi connectivity index (χ4v) is 1.55. The van der Waals surface area contributed by atoms with Gasteiger partial charge in [-0.1, -0.05) is 11.6 Å². The molecule has 1 aromatic rings. The summed E-state index contributed by atoms with van der Waals surface area (Å²) in [5.74, 6) is -0.803. The van der Waals surface area contributed by atoms with Gasteiger partial charge in [-0.15, -0.1) is 0 Å². The van der Waals surface area contributed by atoms with Crippen LogP contribution in [0.15, 0.2) is 12.1 Å². The summed E-state index contributed by atoms with van der Waals surface area (Å²) >= 11 is 5.45. The van der Waals surface area contributed by atoms with E-state index in [1.54, 1.807) is 0 Å². The Hall–Kier alpha value is -1.17. The van der Waals surface area contributed by atoms with Gasteiger partial charge in [0.15, 0.2) is 5.78 Å². The fourth-order valence-electron chi connectivity index (χ4n) is 1.23. The number of rotatable bonds is 2. The lowest BCUT2D eigenvalue weighted by Gasteiger charge is -2.13. The van der Waals surface area contributed by atoms with Crippen LogP contribution in [-0.4, -0.2) is 5.78 Å². The monoisotopic (exact) mass is 272 g/mol. The Bertz CT molecular complexity index is 453. The lowest BCUT2D eigenvalue weighted by Crippen LogP contribution is -2.09. The SMILES string of the molecule is CC(=O)c1cc(C(F)(F)F)cc(C(F)F)c1Cl. The van der Waals surface area contributed by atoms with Gasteiger partial charge >= 0.3 is 6.18 Å². The summed E-state index contributed by atoms with van der Waals surface area (Å²) < 4.78 is 62.2. The zero-order chi connectivity index (χ0) is 13.4. The maximum atomic E-state index is 12.5. The number of hydrogen-bond donors (Lipinski definition) is 0. The van der Waals surface area contributed by atoms with Crippen molar-refractivity contribution in [2.24, 2.45) is 0 Å². The maximum absolute atomic E-state index is 12.5. The highest BCUT2D eigenvalue weighted by Gasteiger charge is 2.33. The summed E-state index contributed by atoms with van der Waals surface area (Å²) in [5.41, 5.74) is -2.87. The number of hydrogen-bond acceptors (Lipinski definition) is 1. The summed E-state index contributed by atoms with van der Waals surface area (Å²) in [7, 11) is 0. The van der Waals surface area contributed by atoms with E-state index in [-0.39, 0.29) is 6.07 Å². The van der Waals surface area contributed by atoms with Gasteiger partial charge in [0.2, 0.25) is 0 Å². The molecule has 0 aliphatic heterocycles. The number of halogens is 6. The van der Waals surface area contributed by atoms with Crippen molar-refractivity contribution in [3.8, 4) is 0 Å². The Morgan fingerprint density at radius 1 is 1.29 bits per heavy atom. The van der Waals surface area contributed by atoms with E-state index in [4.69, 9.17) is 11.6 Å². The van der Waals surface area contributed by atoms with Crippen molar-refractivity contribution in [1.29, 1.82) is 0 Å². The van der Waals surface area contributed by atoms with Crippen LogP contribution in [0.25, 0.3) is 0 Å². The Balaban J connectivity index is 3.53. The molecule has 0 bridgehead atoms. The summed E-state index contributed by atoms with van der Waals surface area (Å²) in [6.07, 6.45) is -7.98. The average molecular weight is 273 g/mol. The van der Waals surface area contributed by atoms with Crippen LogP contribution >= 0.6 is 11.6 Å². The van der Waals surface area contributed by atoms with Crippen LogP contribution in [0, 0.1) is 0 Å². The first-order chi connectivity index (χ1) is 7.64. The molecule has 0 spiro atoms. The minimum Gasteiger partial charge on any atom is -0.294 e. The third-order valence-corrected chi connectivity index (χ3v) is 2.46. The van der Waals surface area contributed by atoms with Crippen LogP contribution in [0.5, 0.6) is 0 Å². The van der Waals surface area contributed by atoms with Crippen molar-refractivity contribution in [1.82, 2.24) is 0 Å². The number of Topliss-reactive ketones (excluding diaryl/α,β-unsaturated/α-hetero) is 1. The first-order valence-electron chi connectivity index (χ1n) is 4.34.